The number of carbonyl (C=O) groups excluding carboxylic acids is 1. The van der Waals surface area contributed by atoms with Crippen LogP contribution in [0.25, 0.3) is 10.2 Å². The molecule has 0 bridgehead atoms. The van der Waals surface area contributed by atoms with E-state index in [-0.39, 0.29) is 18.3 Å². The second-order valence-corrected chi connectivity index (χ2v) is 9.67. The highest BCUT2D eigenvalue weighted by molar-refractivity contribution is 9.10. The molecule has 0 spiro atoms. The molecule has 0 N–H and O–H groups in total. The van der Waals surface area contributed by atoms with Crippen LogP contribution in [0.5, 0.6) is 0 Å². The largest absolute Gasteiger partial charge is 0.379 e. The van der Waals surface area contributed by atoms with Gasteiger partial charge in [0, 0.05) is 36.2 Å². The first kappa shape index (κ1) is 24.1. The second kappa shape index (κ2) is 10.9. The number of aromatic nitrogens is 1. The minimum Gasteiger partial charge on any atom is -0.379 e. The van der Waals surface area contributed by atoms with E-state index >= 15 is 0 Å². The number of thiazole rings is 1. The third kappa shape index (κ3) is 6.05. The highest BCUT2D eigenvalue weighted by atomic mass is 79.9. The van der Waals surface area contributed by atoms with Crippen LogP contribution < -0.4 is 4.90 Å². The molecular formula is C23H27BrClN3O2S. The molecule has 1 saturated heterocycles. The molecule has 2 heterocycles. The molecular weight excluding hydrogens is 498 g/mol. The van der Waals surface area contributed by atoms with Gasteiger partial charge in [-0.15, -0.1) is 12.4 Å². The fraction of sp³-hybridized carbons (Fsp3) is 0.391. The number of aryl methyl sites for hydroxylation is 2. The molecule has 1 fully saturated rings. The lowest BCUT2D eigenvalue weighted by molar-refractivity contribution is 0.0376. The van der Waals surface area contributed by atoms with E-state index in [9.17, 15) is 4.79 Å². The van der Waals surface area contributed by atoms with Crippen LogP contribution in [-0.4, -0.2) is 55.2 Å². The van der Waals surface area contributed by atoms with Gasteiger partial charge >= 0.3 is 0 Å². The highest BCUT2D eigenvalue weighted by Crippen LogP contribution is 2.32. The van der Waals surface area contributed by atoms with Crippen molar-refractivity contribution in [3.63, 3.8) is 0 Å². The van der Waals surface area contributed by atoms with Gasteiger partial charge < -0.3 is 4.74 Å². The number of rotatable bonds is 6. The number of nitrogens with zero attached hydrogens (tertiary/aromatic N) is 3. The molecule has 8 heteroatoms. The molecule has 31 heavy (non-hydrogen) atoms. The lowest BCUT2D eigenvalue weighted by Crippen LogP contribution is -2.39. The van der Waals surface area contributed by atoms with Crippen LogP contribution >= 0.6 is 39.7 Å². The molecule has 5 nitrogen and oxygen atoms in total. The first-order valence-electron chi connectivity index (χ1n) is 10.3. The first-order valence-corrected chi connectivity index (χ1v) is 11.9. The maximum absolute atomic E-state index is 13.5. The molecule has 0 atom stereocenters. The van der Waals surface area contributed by atoms with E-state index in [4.69, 9.17) is 9.72 Å². The topological polar surface area (TPSA) is 45.7 Å². The molecule has 0 radical (unpaired) electrons. The fourth-order valence-corrected chi connectivity index (χ4v) is 5.36. The summed E-state index contributed by atoms with van der Waals surface area (Å²) in [5.74, 6) is 0.0156. The molecule has 166 valence electrons. The Balaban J connectivity index is 0.00000272. The molecule has 4 rings (SSSR count). The minimum absolute atomic E-state index is 0. The molecule has 1 aromatic heterocycles. The molecule has 3 aromatic rings. The van der Waals surface area contributed by atoms with Gasteiger partial charge in [-0.05, 0) is 50.6 Å². The van der Waals surface area contributed by atoms with Crippen molar-refractivity contribution in [2.75, 3.05) is 44.3 Å². The number of benzene rings is 2. The number of hydrogen-bond acceptors (Lipinski definition) is 5. The summed E-state index contributed by atoms with van der Waals surface area (Å²) in [7, 11) is 0. The zero-order valence-electron chi connectivity index (χ0n) is 17.8. The van der Waals surface area contributed by atoms with Gasteiger partial charge in [0.05, 0.1) is 23.4 Å². The number of halogens is 2. The van der Waals surface area contributed by atoms with Crippen LogP contribution in [0.2, 0.25) is 0 Å². The smallest absolute Gasteiger partial charge is 0.260 e. The van der Waals surface area contributed by atoms with Gasteiger partial charge in [0.1, 0.15) is 0 Å². The van der Waals surface area contributed by atoms with E-state index in [0.717, 1.165) is 75.8 Å². The third-order valence-electron chi connectivity index (χ3n) is 5.24. The molecule has 0 aliphatic carbocycles. The van der Waals surface area contributed by atoms with Crippen molar-refractivity contribution < 1.29 is 9.53 Å². The summed E-state index contributed by atoms with van der Waals surface area (Å²) in [5, 5.41) is 0.759. The number of morpholine rings is 1. The zero-order valence-corrected chi connectivity index (χ0v) is 21.0. The van der Waals surface area contributed by atoms with Crippen molar-refractivity contribution >= 4 is 60.9 Å². The summed E-state index contributed by atoms with van der Waals surface area (Å²) in [4.78, 5) is 22.6. The number of fused-ring (bicyclic) bond motifs is 1. The summed E-state index contributed by atoms with van der Waals surface area (Å²) in [5.41, 5.74) is 3.84. The average molecular weight is 525 g/mol. The third-order valence-corrected chi connectivity index (χ3v) is 6.78. The fourth-order valence-electron chi connectivity index (χ4n) is 3.82. The number of amides is 1. The quantitative estimate of drug-likeness (QED) is 0.429. The van der Waals surface area contributed by atoms with E-state index in [2.05, 4.69) is 33.0 Å². The van der Waals surface area contributed by atoms with Gasteiger partial charge in [-0.3, -0.25) is 14.6 Å². The summed E-state index contributed by atoms with van der Waals surface area (Å²) in [6.45, 7) is 9.15. The van der Waals surface area contributed by atoms with Gasteiger partial charge in [-0.25, -0.2) is 4.98 Å². The first-order chi connectivity index (χ1) is 14.5. The van der Waals surface area contributed by atoms with Crippen molar-refractivity contribution in [3.05, 3.63) is 57.6 Å². The molecule has 1 aliphatic heterocycles. The summed E-state index contributed by atoms with van der Waals surface area (Å²) in [6, 6.07) is 12.1. The summed E-state index contributed by atoms with van der Waals surface area (Å²) >= 11 is 5.10. The van der Waals surface area contributed by atoms with Crippen molar-refractivity contribution in [2.45, 2.75) is 20.3 Å². The SMILES string of the molecule is Cc1cc(C)cc(C(=O)N(CCCN2CCOCC2)c2nc3ccc(Br)cc3s2)c1.Cl. The van der Waals surface area contributed by atoms with Crippen LogP contribution in [-0.2, 0) is 4.74 Å². The Morgan fingerprint density at radius 2 is 1.87 bits per heavy atom. The van der Waals surface area contributed by atoms with Crippen LogP contribution in [0.15, 0.2) is 40.9 Å². The van der Waals surface area contributed by atoms with E-state index in [1.165, 1.54) is 0 Å². The van der Waals surface area contributed by atoms with E-state index in [1.807, 2.05) is 43.0 Å². The molecule has 0 saturated carbocycles. The van der Waals surface area contributed by atoms with Crippen molar-refractivity contribution in [2.24, 2.45) is 0 Å². The predicted octanol–water partition coefficient (Wildman–Crippen LogP) is 5.47. The minimum atomic E-state index is 0. The standard InChI is InChI=1S/C23H26BrN3O2S.ClH/c1-16-12-17(2)14-18(13-16)22(28)27(7-3-6-26-8-10-29-11-9-26)23-25-20-5-4-19(24)15-21(20)30-23;/h4-5,12-15H,3,6-11H2,1-2H3;1H. The number of ether oxygens (including phenoxy) is 1. The normalized spacial score (nSPS) is 14.4. The van der Waals surface area contributed by atoms with Crippen LogP contribution in [0.1, 0.15) is 27.9 Å². The van der Waals surface area contributed by atoms with E-state index < -0.39 is 0 Å². The molecule has 1 amide bonds. The van der Waals surface area contributed by atoms with Crippen LogP contribution in [0.3, 0.4) is 0 Å². The second-order valence-electron chi connectivity index (χ2n) is 7.75. The van der Waals surface area contributed by atoms with E-state index in [1.54, 1.807) is 11.3 Å². The summed E-state index contributed by atoms with van der Waals surface area (Å²) < 4.78 is 7.53. The lowest BCUT2D eigenvalue weighted by Gasteiger charge is -2.27. The number of carbonyl (C=O) groups is 1. The van der Waals surface area contributed by atoms with Gasteiger partial charge in [-0.1, -0.05) is 44.5 Å². The summed E-state index contributed by atoms with van der Waals surface area (Å²) in [6.07, 6.45) is 0.899. The van der Waals surface area contributed by atoms with Gasteiger partial charge in [0.2, 0.25) is 0 Å². The maximum atomic E-state index is 13.5. The number of hydrogen-bond donors (Lipinski definition) is 0. The van der Waals surface area contributed by atoms with Crippen LogP contribution in [0, 0.1) is 13.8 Å². The van der Waals surface area contributed by atoms with Crippen molar-refractivity contribution in [3.8, 4) is 0 Å². The Labute approximate surface area is 201 Å². The Morgan fingerprint density at radius 3 is 2.58 bits per heavy atom. The van der Waals surface area contributed by atoms with Crippen molar-refractivity contribution in [1.29, 1.82) is 0 Å². The van der Waals surface area contributed by atoms with Crippen molar-refractivity contribution in [1.82, 2.24) is 9.88 Å². The van der Waals surface area contributed by atoms with Gasteiger partial charge in [0.15, 0.2) is 5.13 Å². The number of anilines is 1. The lowest BCUT2D eigenvalue weighted by atomic mass is 10.1. The monoisotopic (exact) mass is 523 g/mol. The average Bonchev–Trinajstić information content (AvgIpc) is 3.13. The Bertz CT molecular complexity index is 1030. The van der Waals surface area contributed by atoms with Crippen LogP contribution in [0.4, 0.5) is 5.13 Å². The Hall–Kier alpha value is -1.51. The molecule has 0 unspecified atom stereocenters. The molecule has 2 aromatic carbocycles. The Morgan fingerprint density at radius 1 is 1.16 bits per heavy atom. The van der Waals surface area contributed by atoms with Gasteiger partial charge in [-0.2, -0.15) is 0 Å². The van der Waals surface area contributed by atoms with Gasteiger partial charge in [0.25, 0.3) is 5.91 Å². The van der Waals surface area contributed by atoms with E-state index in [0.29, 0.717) is 6.54 Å². The Kier molecular flexibility index (Phi) is 8.47. The highest BCUT2D eigenvalue weighted by Gasteiger charge is 2.22. The zero-order chi connectivity index (χ0) is 21.1. The predicted molar refractivity (Wildman–Crippen MR) is 134 cm³/mol. The molecule has 1 aliphatic rings. The maximum Gasteiger partial charge on any atom is 0.260 e.